The molecule has 3 heteroatoms. The lowest BCUT2D eigenvalue weighted by atomic mass is 10.2. The van der Waals surface area contributed by atoms with Crippen molar-refractivity contribution in [2.45, 2.75) is 18.9 Å². The molecule has 1 aliphatic heterocycles. The highest BCUT2D eigenvalue weighted by Gasteiger charge is 2.23. The van der Waals surface area contributed by atoms with Gasteiger partial charge in [-0.25, -0.2) is 0 Å². The van der Waals surface area contributed by atoms with Crippen LogP contribution in [0.3, 0.4) is 0 Å². The SMILES string of the molecule is CN(C)CC1CCCN1CC=CCCl. The Bertz CT molecular complexity index is 180. The van der Waals surface area contributed by atoms with Gasteiger partial charge in [0.15, 0.2) is 0 Å². The van der Waals surface area contributed by atoms with E-state index < -0.39 is 0 Å². The van der Waals surface area contributed by atoms with Crippen molar-refractivity contribution in [1.82, 2.24) is 9.80 Å². The molecule has 14 heavy (non-hydrogen) atoms. The first kappa shape index (κ1) is 12.0. The van der Waals surface area contributed by atoms with Gasteiger partial charge in [0, 0.05) is 25.0 Å². The second kappa shape index (κ2) is 6.44. The van der Waals surface area contributed by atoms with Crippen molar-refractivity contribution in [2.24, 2.45) is 0 Å². The van der Waals surface area contributed by atoms with E-state index in [4.69, 9.17) is 11.6 Å². The average molecular weight is 217 g/mol. The highest BCUT2D eigenvalue weighted by molar-refractivity contribution is 6.18. The molecule has 0 saturated carbocycles. The minimum absolute atomic E-state index is 0.631. The van der Waals surface area contributed by atoms with Gasteiger partial charge in [0.1, 0.15) is 0 Å². The molecule has 1 unspecified atom stereocenters. The van der Waals surface area contributed by atoms with Gasteiger partial charge in [-0.05, 0) is 33.5 Å². The third kappa shape index (κ3) is 3.99. The minimum atomic E-state index is 0.631. The van der Waals surface area contributed by atoms with Crippen LogP contribution in [0, 0.1) is 0 Å². The maximum absolute atomic E-state index is 5.59. The number of likely N-dealkylation sites (tertiary alicyclic amines) is 1. The Morgan fingerprint density at radius 2 is 2.21 bits per heavy atom. The largest absolute Gasteiger partial charge is 0.308 e. The second-order valence-corrected chi connectivity index (χ2v) is 4.49. The summed E-state index contributed by atoms with van der Waals surface area (Å²) in [6.45, 7) is 3.48. The topological polar surface area (TPSA) is 6.48 Å². The number of likely N-dealkylation sites (N-methyl/N-ethyl adjacent to an activating group) is 1. The molecule has 1 atom stereocenters. The Kier molecular flexibility index (Phi) is 5.53. The summed E-state index contributed by atoms with van der Waals surface area (Å²) in [7, 11) is 4.29. The zero-order chi connectivity index (χ0) is 10.4. The smallest absolute Gasteiger partial charge is 0.0404 e. The number of rotatable bonds is 5. The predicted molar refractivity (Wildman–Crippen MR) is 63.0 cm³/mol. The normalized spacial score (nSPS) is 24.1. The van der Waals surface area contributed by atoms with E-state index in [1.807, 2.05) is 6.08 Å². The lowest BCUT2D eigenvalue weighted by molar-refractivity contribution is 0.225. The van der Waals surface area contributed by atoms with Gasteiger partial charge in [-0.15, -0.1) is 11.6 Å². The van der Waals surface area contributed by atoms with Gasteiger partial charge in [0.25, 0.3) is 0 Å². The van der Waals surface area contributed by atoms with Crippen molar-refractivity contribution in [3.63, 3.8) is 0 Å². The van der Waals surface area contributed by atoms with Gasteiger partial charge in [0.05, 0.1) is 0 Å². The molecule has 0 N–H and O–H groups in total. The van der Waals surface area contributed by atoms with Crippen LogP contribution >= 0.6 is 11.6 Å². The van der Waals surface area contributed by atoms with E-state index in [2.05, 4.69) is 30.0 Å². The fraction of sp³-hybridized carbons (Fsp3) is 0.818. The number of hydrogen-bond acceptors (Lipinski definition) is 2. The lowest BCUT2D eigenvalue weighted by Crippen LogP contribution is -2.37. The van der Waals surface area contributed by atoms with Crippen LogP contribution < -0.4 is 0 Å². The van der Waals surface area contributed by atoms with Gasteiger partial charge in [-0.1, -0.05) is 12.2 Å². The van der Waals surface area contributed by atoms with E-state index in [0.29, 0.717) is 5.88 Å². The van der Waals surface area contributed by atoms with E-state index in [-0.39, 0.29) is 0 Å². The third-order valence-corrected chi connectivity index (χ3v) is 2.85. The monoisotopic (exact) mass is 216 g/mol. The summed E-state index contributed by atoms with van der Waals surface area (Å²) in [4.78, 5) is 4.82. The fourth-order valence-corrected chi connectivity index (χ4v) is 2.16. The fourth-order valence-electron chi connectivity index (χ4n) is 2.04. The Balaban J connectivity index is 2.31. The predicted octanol–water partition coefficient (Wildman–Crippen LogP) is 1.81. The van der Waals surface area contributed by atoms with Crippen LogP contribution in [0.1, 0.15) is 12.8 Å². The Morgan fingerprint density at radius 3 is 2.86 bits per heavy atom. The van der Waals surface area contributed by atoms with Crippen LogP contribution in [0.2, 0.25) is 0 Å². The number of nitrogens with zero attached hydrogens (tertiary/aromatic N) is 2. The van der Waals surface area contributed by atoms with E-state index in [0.717, 1.165) is 12.6 Å². The van der Waals surface area contributed by atoms with Crippen molar-refractivity contribution in [3.8, 4) is 0 Å². The summed E-state index contributed by atoms with van der Waals surface area (Å²) >= 11 is 5.59. The van der Waals surface area contributed by atoms with Gasteiger partial charge in [-0.2, -0.15) is 0 Å². The highest BCUT2D eigenvalue weighted by Crippen LogP contribution is 2.17. The lowest BCUT2D eigenvalue weighted by Gasteiger charge is -2.25. The molecule has 1 fully saturated rings. The van der Waals surface area contributed by atoms with E-state index >= 15 is 0 Å². The van der Waals surface area contributed by atoms with E-state index in [1.165, 1.54) is 25.9 Å². The zero-order valence-electron chi connectivity index (χ0n) is 9.25. The van der Waals surface area contributed by atoms with Gasteiger partial charge in [0.2, 0.25) is 0 Å². The first-order chi connectivity index (χ1) is 6.74. The summed E-state index contributed by atoms with van der Waals surface area (Å²) in [6.07, 6.45) is 6.90. The van der Waals surface area contributed by atoms with Crippen molar-refractivity contribution in [1.29, 1.82) is 0 Å². The molecular weight excluding hydrogens is 196 g/mol. The summed E-state index contributed by atoms with van der Waals surface area (Å²) in [5.41, 5.74) is 0. The van der Waals surface area contributed by atoms with Gasteiger partial charge >= 0.3 is 0 Å². The number of halogens is 1. The quantitative estimate of drug-likeness (QED) is 0.511. The maximum Gasteiger partial charge on any atom is 0.0404 e. The van der Waals surface area contributed by atoms with E-state index in [9.17, 15) is 0 Å². The average Bonchev–Trinajstić information content (AvgIpc) is 2.52. The molecule has 1 aliphatic rings. The minimum Gasteiger partial charge on any atom is -0.308 e. The molecule has 2 nitrogen and oxygen atoms in total. The van der Waals surface area contributed by atoms with Crippen LogP contribution in [-0.4, -0.2) is 55.5 Å². The molecule has 0 aromatic rings. The molecule has 1 rings (SSSR count). The summed E-state index contributed by atoms with van der Waals surface area (Å²) in [6, 6.07) is 0.741. The van der Waals surface area contributed by atoms with Crippen LogP contribution in [-0.2, 0) is 0 Å². The molecule has 0 radical (unpaired) electrons. The molecular formula is C11H21ClN2. The van der Waals surface area contributed by atoms with E-state index in [1.54, 1.807) is 0 Å². The van der Waals surface area contributed by atoms with Crippen LogP contribution in [0.5, 0.6) is 0 Å². The molecule has 0 aromatic heterocycles. The zero-order valence-corrected chi connectivity index (χ0v) is 10.0. The van der Waals surface area contributed by atoms with Crippen LogP contribution in [0.25, 0.3) is 0 Å². The molecule has 0 aliphatic carbocycles. The Morgan fingerprint density at radius 1 is 1.43 bits per heavy atom. The molecule has 1 saturated heterocycles. The maximum atomic E-state index is 5.59. The van der Waals surface area contributed by atoms with Crippen molar-refractivity contribution in [3.05, 3.63) is 12.2 Å². The molecule has 82 valence electrons. The molecule has 0 aromatic carbocycles. The van der Waals surface area contributed by atoms with Crippen molar-refractivity contribution >= 4 is 11.6 Å². The standard InChI is InChI=1S/C11H21ClN2/c1-13(2)10-11-6-5-9-14(11)8-4-3-7-12/h3-4,11H,5-10H2,1-2H3. The number of hydrogen-bond donors (Lipinski definition) is 0. The molecule has 1 heterocycles. The molecule has 0 spiro atoms. The molecule has 0 amide bonds. The summed E-state index contributed by atoms with van der Waals surface area (Å²) < 4.78 is 0. The Hall–Kier alpha value is -0.0500. The Labute approximate surface area is 92.5 Å². The molecule has 0 bridgehead atoms. The number of alkyl halides is 1. The number of allylic oxidation sites excluding steroid dienone is 1. The van der Waals surface area contributed by atoms with Crippen molar-refractivity contribution in [2.75, 3.05) is 39.6 Å². The summed E-state index contributed by atoms with van der Waals surface area (Å²) in [5, 5.41) is 0. The highest BCUT2D eigenvalue weighted by atomic mass is 35.5. The van der Waals surface area contributed by atoms with Crippen LogP contribution in [0.4, 0.5) is 0 Å². The summed E-state index contributed by atoms with van der Waals surface area (Å²) in [5.74, 6) is 0.631. The van der Waals surface area contributed by atoms with Crippen molar-refractivity contribution < 1.29 is 0 Å². The van der Waals surface area contributed by atoms with Crippen LogP contribution in [0.15, 0.2) is 12.2 Å². The van der Waals surface area contributed by atoms with Gasteiger partial charge < -0.3 is 4.90 Å². The second-order valence-electron chi connectivity index (χ2n) is 4.18. The first-order valence-electron chi connectivity index (χ1n) is 5.33. The first-order valence-corrected chi connectivity index (χ1v) is 5.87. The third-order valence-electron chi connectivity index (χ3n) is 2.67. The van der Waals surface area contributed by atoms with Gasteiger partial charge in [-0.3, -0.25) is 4.90 Å².